The molecule has 1 unspecified atom stereocenters. The molecule has 0 amide bonds. The van der Waals surface area contributed by atoms with Crippen LogP contribution in [0.25, 0.3) is 0 Å². The topological polar surface area (TPSA) is 20.2 Å². The smallest absolute Gasteiger partial charge is 0.112 e. The molecular formula is C26H30OS. The lowest BCUT2D eigenvalue weighted by molar-refractivity contribution is 0.102. The molecule has 0 aliphatic heterocycles. The summed E-state index contributed by atoms with van der Waals surface area (Å²) in [5, 5.41) is 11.6. The fourth-order valence-electron chi connectivity index (χ4n) is 3.28. The first-order chi connectivity index (χ1) is 13.4. The summed E-state index contributed by atoms with van der Waals surface area (Å²) in [4.78, 5) is 0. The summed E-state index contributed by atoms with van der Waals surface area (Å²) in [6, 6.07) is 27.2. The molecule has 0 fully saturated rings. The van der Waals surface area contributed by atoms with E-state index in [9.17, 15) is 5.11 Å². The Kier molecular flexibility index (Phi) is 6.98. The van der Waals surface area contributed by atoms with E-state index < -0.39 is 5.60 Å². The van der Waals surface area contributed by atoms with Gasteiger partial charge in [0.05, 0.1) is 0 Å². The molecule has 3 aromatic carbocycles. The Bertz CT molecular complexity index is 849. The number of aliphatic hydroxyl groups is 1. The molecule has 3 rings (SSSR count). The maximum Gasteiger partial charge on any atom is 0.112 e. The molecule has 0 heterocycles. The Morgan fingerprint density at radius 3 is 1.71 bits per heavy atom. The minimum absolute atomic E-state index is 0.672. The standard InChI is InChI=1S/C26H30OS/c1-20(2)28-19-23-13-11-21(12-14-23)9-10-22-15-17-25(18-16-22)26(3,27)24-7-5-4-6-8-24/h4-8,11-18,20,27H,9-10,19H2,1-3H3. The Morgan fingerprint density at radius 1 is 0.714 bits per heavy atom. The van der Waals surface area contributed by atoms with Crippen LogP contribution in [0.5, 0.6) is 0 Å². The van der Waals surface area contributed by atoms with Crippen molar-refractivity contribution in [1.82, 2.24) is 0 Å². The Hall–Kier alpha value is -2.03. The molecule has 0 saturated heterocycles. The molecule has 0 aliphatic rings. The van der Waals surface area contributed by atoms with Gasteiger partial charge in [-0.1, -0.05) is 92.7 Å². The van der Waals surface area contributed by atoms with Crippen molar-refractivity contribution in [2.75, 3.05) is 0 Å². The van der Waals surface area contributed by atoms with E-state index in [1.54, 1.807) is 0 Å². The van der Waals surface area contributed by atoms with Gasteiger partial charge in [0.15, 0.2) is 0 Å². The maximum atomic E-state index is 11.0. The van der Waals surface area contributed by atoms with Crippen molar-refractivity contribution in [3.63, 3.8) is 0 Å². The molecule has 28 heavy (non-hydrogen) atoms. The number of rotatable bonds is 8. The van der Waals surface area contributed by atoms with Gasteiger partial charge in [-0.2, -0.15) is 11.8 Å². The summed E-state index contributed by atoms with van der Waals surface area (Å²) in [6.45, 7) is 6.34. The van der Waals surface area contributed by atoms with Crippen molar-refractivity contribution >= 4 is 11.8 Å². The minimum Gasteiger partial charge on any atom is -0.381 e. The van der Waals surface area contributed by atoms with E-state index in [4.69, 9.17) is 0 Å². The number of benzene rings is 3. The molecule has 0 bridgehead atoms. The zero-order valence-corrected chi connectivity index (χ0v) is 17.9. The highest BCUT2D eigenvalue weighted by molar-refractivity contribution is 7.99. The first-order valence-corrected chi connectivity index (χ1v) is 11.1. The largest absolute Gasteiger partial charge is 0.381 e. The van der Waals surface area contributed by atoms with E-state index in [2.05, 4.69) is 62.4 Å². The van der Waals surface area contributed by atoms with Gasteiger partial charge in [-0.05, 0) is 52.8 Å². The predicted molar refractivity (Wildman–Crippen MR) is 122 cm³/mol. The normalized spacial score (nSPS) is 13.5. The lowest BCUT2D eigenvalue weighted by Crippen LogP contribution is -2.22. The van der Waals surface area contributed by atoms with Crippen molar-refractivity contribution in [2.24, 2.45) is 0 Å². The van der Waals surface area contributed by atoms with Gasteiger partial charge in [0.25, 0.3) is 0 Å². The summed E-state index contributed by atoms with van der Waals surface area (Å²) in [6.07, 6.45) is 2.04. The number of hydrogen-bond donors (Lipinski definition) is 1. The summed E-state index contributed by atoms with van der Waals surface area (Å²) in [5.41, 5.74) is 4.94. The highest BCUT2D eigenvalue weighted by Gasteiger charge is 2.24. The van der Waals surface area contributed by atoms with E-state index in [0.717, 1.165) is 29.7 Å². The zero-order valence-electron chi connectivity index (χ0n) is 17.1. The minimum atomic E-state index is -0.969. The van der Waals surface area contributed by atoms with Gasteiger partial charge < -0.3 is 5.11 Å². The van der Waals surface area contributed by atoms with Crippen molar-refractivity contribution in [3.8, 4) is 0 Å². The molecule has 0 aromatic heterocycles. The van der Waals surface area contributed by atoms with Crippen LogP contribution in [0.3, 0.4) is 0 Å². The average molecular weight is 391 g/mol. The van der Waals surface area contributed by atoms with Gasteiger partial charge in [-0.3, -0.25) is 0 Å². The monoisotopic (exact) mass is 390 g/mol. The van der Waals surface area contributed by atoms with E-state index in [1.165, 1.54) is 16.7 Å². The van der Waals surface area contributed by atoms with Gasteiger partial charge in [0.2, 0.25) is 0 Å². The third-order valence-electron chi connectivity index (χ3n) is 5.16. The summed E-state index contributed by atoms with van der Waals surface area (Å²) >= 11 is 1.98. The average Bonchev–Trinajstić information content (AvgIpc) is 2.72. The highest BCUT2D eigenvalue weighted by Crippen LogP contribution is 2.29. The van der Waals surface area contributed by atoms with Crippen LogP contribution in [0.2, 0.25) is 0 Å². The van der Waals surface area contributed by atoms with E-state index in [1.807, 2.05) is 49.0 Å². The van der Waals surface area contributed by atoms with Crippen LogP contribution in [0.1, 0.15) is 48.6 Å². The molecule has 0 aliphatic carbocycles. The number of aryl methyl sites for hydroxylation is 2. The van der Waals surface area contributed by atoms with E-state index in [-0.39, 0.29) is 0 Å². The highest BCUT2D eigenvalue weighted by atomic mass is 32.2. The number of thioether (sulfide) groups is 1. The van der Waals surface area contributed by atoms with E-state index in [0.29, 0.717) is 5.25 Å². The van der Waals surface area contributed by atoms with Crippen molar-refractivity contribution < 1.29 is 5.11 Å². The van der Waals surface area contributed by atoms with Crippen LogP contribution in [-0.2, 0) is 24.2 Å². The third kappa shape index (κ3) is 5.50. The molecule has 1 N–H and O–H groups in total. The van der Waals surface area contributed by atoms with Gasteiger partial charge in [-0.25, -0.2) is 0 Å². The SMILES string of the molecule is CC(C)SCc1ccc(CCc2ccc(C(C)(O)c3ccccc3)cc2)cc1. The predicted octanol–water partition coefficient (Wildman–Crippen LogP) is 6.37. The van der Waals surface area contributed by atoms with E-state index >= 15 is 0 Å². The molecular weight excluding hydrogens is 360 g/mol. The van der Waals surface area contributed by atoms with Crippen molar-refractivity contribution in [3.05, 3.63) is 107 Å². The quantitative estimate of drug-likeness (QED) is 0.482. The fourth-order valence-corrected chi connectivity index (χ4v) is 4.00. The third-order valence-corrected chi connectivity index (χ3v) is 6.33. The van der Waals surface area contributed by atoms with Crippen LogP contribution in [-0.4, -0.2) is 10.4 Å². The summed E-state index contributed by atoms with van der Waals surface area (Å²) in [7, 11) is 0. The van der Waals surface area contributed by atoms with Crippen LogP contribution >= 0.6 is 11.8 Å². The maximum absolute atomic E-state index is 11.0. The summed E-state index contributed by atoms with van der Waals surface area (Å²) < 4.78 is 0. The van der Waals surface area contributed by atoms with Crippen LogP contribution < -0.4 is 0 Å². The van der Waals surface area contributed by atoms with Crippen molar-refractivity contribution in [1.29, 1.82) is 0 Å². The second-order valence-electron chi connectivity index (χ2n) is 7.81. The Morgan fingerprint density at radius 2 is 1.18 bits per heavy atom. The molecule has 0 spiro atoms. The second kappa shape index (κ2) is 9.45. The lowest BCUT2D eigenvalue weighted by atomic mass is 9.87. The molecule has 1 nitrogen and oxygen atoms in total. The zero-order chi connectivity index (χ0) is 20.0. The molecule has 2 heteroatoms. The molecule has 3 aromatic rings. The molecule has 0 saturated carbocycles. The first kappa shape index (κ1) is 20.7. The van der Waals surface area contributed by atoms with Crippen LogP contribution in [0.4, 0.5) is 0 Å². The van der Waals surface area contributed by atoms with Gasteiger partial charge in [-0.15, -0.1) is 0 Å². The van der Waals surface area contributed by atoms with Gasteiger partial charge in [0.1, 0.15) is 5.60 Å². The van der Waals surface area contributed by atoms with Crippen molar-refractivity contribution in [2.45, 2.75) is 50.2 Å². The Balaban J connectivity index is 1.59. The summed E-state index contributed by atoms with van der Waals surface area (Å²) in [5.74, 6) is 1.08. The van der Waals surface area contributed by atoms with Crippen LogP contribution in [0.15, 0.2) is 78.9 Å². The molecule has 146 valence electrons. The van der Waals surface area contributed by atoms with Gasteiger partial charge in [0, 0.05) is 5.75 Å². The fraction of sp³-hybridized carbons (Fsp3) is 0.308. The number of hydrogen-bond acceptors (Lipinski definition) is 2. The Labute approximate surface area is 173 Å². The first-order valence-electron chi connectivity index (χ1n) is 10.0. The van der Waals surface area contributed by atoms with Crippen LogP contribution in [0, 0.1) is 0 Å². The molecule has 0 radical (unpaired) electrons. The lowest BCUT2D eigenvalue weighted by Gasteiger charge is -2.24. The second-order valence-corrected chi connectivity index (χ2v) is 9.38. The molecule has 1 atom stereocenters. The van der Waals surface area contributed by atoms with Gasteiger partial charge >= 0.3 is 0 Å².